The summed E-state index contributed by atoms with van der Waals surface area (Å²) < 4.78 is 2.22. The lowest BCUT2D eigenvalue weighted by molar-refractivity contribution is 0.588. The molecule has 0 amide bonds. The van der Waals surface area contributed by atoms with Crippen molar-refractivity contribution in [2.45, 2.75) is 26.3 Å². The van der Waals surface area contributed by atoms with E-state index in [0.29, 0.717) is 0 Å². The first kappa shape index (κ1) is 12.5. The second-order valence-electron chi connectivity index (χ2n) is 4.29. The SMILES string of the molecule is CCCCNCCn1cc(Cl)c2ccccc21. The molecule has 92 valence electrons. The molecule has 17 heavy (non-hydrogen) atoms. The summed E-state index contributed by atoms with van der Waals surface area (Å²) in [6.45, 7) is 5.27. The Labute approximate surface area is 108 Å². The maximum atomic E-state index is 6.20. The molecule has 0 saturated carbocycles. The Kier molecular flexibility index (Phi) is 4.46. The van der Waals surface area contributed by atoms with Gasteiger partial charge >= 0.3 is 0 Å². The van der Waals surface area contributed by atoms with Gasteiger partial charge in [-0.1, -0.05) is 43.1 Å². The summed E-state index contributed by atoms with van der Waals surface area (Å²) in [7, 11) is 0. The molecule has 0 atom stereocenters. The molecule has 3 heteroatoms. The molecule has 0 spiro atoms. The molecule has 2 nitrogen and oxygen atoms in total. The third-order valence-electron chi connectivity index (χ3n) is 2.98. The summed E-state index contributed by atoms with van der Waals surface area (Å²) >= 11 is 6.20. The summed E-state index contributed by atoms with van der Waals surface area (Å²) in [6.07, 6.45) is 4.51. The average molecular weight is 251 g/mol. The van der Waals surface area contributed by atoms with Gasteiger partial charge in [0.2, 0.25) is 0 Å². The van der Waals surface area contributed by atoms with Gasteiger partial charge in [-0.15, -0.1) is 0 Å². The van der Waals surface area contributed by atoms with Crippen molar-refractivity contribution in [1.82, 2.24) is 9.88 Å². The minimum absolute atomic E-state index is 0.842. The van der Waals surface area contributed by atoms with E-state index in [1.54, 1.807) is 0 Å². The number of hydrogen-bond acceptors (Lipinski definition) is 1. The molecule has 0 unspecified atom stereocenters. The van der Waals surface area contributed by atoms with Crippen LogP contribution in [0, 0.1) is 0 Å². The summed E-state index contributed by atoms with van der Waals surface area (Å²) in [5.74, 6) is 0. The quantitative estimate of drug-likeness (QED) is 0.774. The highest BCUT2D eigenvalue weighted by Gasteiger charge is 2.04. The molecule has 2 aromatic rings. The van der Waals surface area contributed by atoms with Gasteiger partial charge in [0.1, 0.15) is 0 Å². The zero-order chi connectivity index (χ0) is 12.1. The van der Waals surface area contributed by atoms with Crippen LogP contribution in [0.1, 0.15) is 19.8 Å². The molecular weight excluding hydrogens is 232 g/mol. The fourth-order valence-electron chi connectivity index (χ4n) is 2.01. The zero-order valence-electron chi connectivity index (χ0n) is 10.2. The zero-order valence-corrected chi connectivity index (χ0v) is 11.0. The van der Waals surface area contributed by atoms with Crippen LogP contribution in [-0.2, 0) is 6.54 Å². The van der Waals surface area contributed by atoms with E-state index in [0.717, 1.165) is 30.0 Å². The van der Waals surface area contributed by atoms with E-state index < -0.39 is 0 Å². The second kappa shape index (κ2) is 6.08. The number of aromatic nitrogens is 1. The lowest BCUT2D eigenvalue weighted by Gasteiger charge is -2.06. The predicted molar refractivity (Wildman–Crippen MR) is 74.7 cm³/mol. The van der Waals surface area contributed by atoms with Crippen LogP contribution < -0.4 is 5.32 Å². The van der Waals surface area contributed by atoms with E-state index in [1.165, 1.54) is 18.4 Å². The van der Waals surface area contributed by atoms with Crippen LogP contribution in [0.2, 0.25) is 5.02 Å². The van der Waals surface area contributed by atoms with E-state index in [9.17, 15) is 0 Å². The molecule has 0 fully saturated rings. The molecule has 0 aliphatic heterocycles. The smallest absolute Gasteiger partial charge is 0.0661 e. The third kappa shape index (κ3) is 3.02. The number of halogens is 1. The molecule has 0 bridgehead atoms. The van der Waals surface area contributed by atoms with Crippen LogP contribution in [0.15, 0.2) is 30.5 Å². The summed E-state index contributed by atoms with van der Waals surface area (Å²) in [5, 5.41) is 5.43. The standard InChI is InChI=1S/C14H19ClN2/c1-2-3-8-16-9-10-17-11-13(15)12-6-4-5-7-14(12)17/h4-7,11,16H,2-3,8-10H2,1H3. The highest BCUT2D eigenvalue weighted by atomic mass is 35.5. The van der Waals surface area contributed by atoms with Gasteiger partial charge in [0.25, 0.3) is 0 Å². The first-order valence-corrected chi connectivity index (χ1v) is 6.65. The van der Waals surface area contributed by atoms with Crippen molar-refractivity contribution in [1.29, 1.82) is 0 Å². The number of unbranched alkanes of at least 4 members (excludes halogenated alkanes) is 1. The molecule has 0 aliphatic rings. The van der Waals surface area contributed by atoms with Crippen LogP contribution in [0.3, 0.4) is 0 Å². The van der Waals surface area contributed by atoms with Crippen LogP contribution in [0.5, 0.6) is 0 Å². The number of para-hydroxylation sites is 1. The van der Waals surface area contributed by atoms with Crippen molar-refractivity contribution < 1.29 is 0 Å². The van der Waals surface area contributed by atoms with Crippen molar-refractivity contribution in [3.63, 3.8) is 0 Å². The highest BCUT2D eigenvalue weighted by Crippen LogP contribution is 2.25. The molecule has 0 aliphatic carbocycles. The van der Waals surface area contributed by atoms with Gasteiger partial charge in [-0.05, 0) is 19.0 Å². The molecule has 1 N–H and O–H groups in total. The van der Waals surface area contributed by atoms with Crippen LogP contribution in [0.4, 0.5) is 0 Å². The van der Waals surface area contributed by atoms with Gasteiger partial charge in [-0.3, -0.25) is 0 Å². The fourth-order valence-corrected chi connectivity index (χ4v) is 2.29. The Bertz CT molecular complexity index is 476. The van der Waals surface area contributed by atoms with E-state index in [2.05, 4.69) is 35.0 Å². The minimum Gasteiger partial charge on any atom is -0.345 e. The molecule has 0 radical (unpaired) electrons. The number of nitrogens with zero attached hydrogens (tertiary/aromatic N) is 1. The maximum Gasteiger partial charge on any atom is 0.0661 e. The molecule has 2 rings (SSSR count). The van der Waals surface area contributed by atoms with Gasteiger partial charge in [0.05, 0.1) is 5.02 Å². The summed E-state index contributed by atoms with van der Waals surface area (Å²) in [5.41, 5.74) is 1.22. The lowest BCUT2D eigenvalue weighted by atomic mass is 10.2. The first-order valence-electron chi connectivity index (χ1n) is 6.27. The van der Waals surface area contributed by atoms with Gasteiger partial charge < -0.3 is 9.88 Å². The van der Waals surface area contributed by atoms with Crippen molar-refractivity contribution in [2.75, 3.05) is 13.1 Å². The van der Waals surface area contributed by atoms with Crippen molar-refractivity contribution in [3.05, 3.63) is 35.5 Å². The number of rotatable bonds is 6. The third-order valence-corrected chi connectivity index (χ3v) is 3.28. The van der Waals surface area contributed by atoms with Crippen LogP contribution >= 0.6 is 11.6 Å². The fraction of sp³-hybridized carbons (Fsp3) is 0.429. The predicted octanol–water partition coefficient (Wildman–Crippen LogP) is 3.68. The molecule has 1 aromatic heterocycles. The number of benzene rings is 1. The largest absolute Gasteiger partial charge is 0.345 e. The minimum atomic E-state index is 0.842. The Hall–Kier alpha value is -0.990. The summed E-state index contributed by atoms with van der Waals surface area (Å²) in [6, 6.07) is 8.27. The average Bonchev–Trinajstić information content (AvgIpc) is 2.67. The number of nitrogens with one attached hydrogen (secondary N) is 1. The van der Waals surface area contributed by atoms with E-state index in [-0.39, 0.29) is 0 Å². The monoisotopic (exact) mass is 250 g/mol. The maximum absolute atomic E-state index is 6.20. The topological polar surface area (TPSA) is 17.0 Å². The molecule has 1 heterocycles. The molecular formula is C14H19ClN2. The van der Waals surface area contributed by atoms with Gasteiger partial charge in [-0.2, -0.15) is 0 Å². The number of fused-ring (bicyclic) bond motifs is 1. The Balaban J connectivity index is 1.99. The van der Waals surface area contributed by atoms with Crippen LogP contribution in [-0.4, -0.2) is 17.7 Å². The van der Waals surface area contributed by atoms with Crippen LogP contribution in [0.25, 0.3) is 10.9 Å². The van der Waals surface area contributed by atoms with Gasteiger partial charge in [0.15, 0.2) is 0 Å². The van der Waals surface area contributed by atoms with Gasteiger partial charge in [0, 0.05) is 30.2 Å². The second-order valence-corrected chi connectivity index (χ2v) is 4.70. The van der Waals surface area contributed by atoms with Crippen molar-refractivity contribution in [3.8, 4) is 0 Å². The highest BCUT2D eigenvalue weighted by molar-refractivity contribution is 6.35. The number of hydrogen-bond donors (Lipinski definition) is 1. The Morgan fingerprint density at radius 3 is 2.88 bits per heavy atom. The van der Waals surface area contributed by atoms with Crippen molar-refractivity contribution >= 4 is 22.5 Å². The van der Waals surface area contributed by atoms with E-state index in [1.807, 2.05) is 12.3 Å². The molecule has 1 aromatic carbocycles. The van der Waals surface area contributed by atoms with E-state index >= 15 is 0 Å². The van der Waals surface area contributed by atoms with E-state index in [4.69, 9.17) is 11.6 Å². The Morgan fingerprint density at radius 1 is 1.24 bits per heavy atom. The Morgan fingerprint density at radius 2 is 2.06 bits per heavy atom. The lowest BCUT2D eigenvalue weighted by Crippen LogP contribution is -2.20. The summed E-state index contributed by atoms with van der Waals surface area (Å²) in [4.78, 5) is 0. The first-order chi connectivity index (χ1) is 8.33. The normalized spacial score (nSPS) is 11.2. The van der Waals surface area contributed by atoms with Crippen molar-refractivity contribution in [2.24, 2.45) is 0 Å². The molecule has 0 saturated heterocycles. The van der Waals surface area contributed by atoms with Gasteiger partial charge in [-0.25, -0.2) is 0 Å².